The molecule has 0 aromatic heterocycles. The van der Waals surface area contributed by atoms with Crippen LogP contribution in [0, 0.1) is 20.8 Å². The summed E-state index contributed by atoms with van der Waals surface area (Å²) in [6, 6.07) is 3.66. The number of benzene rings is 1. The Morgan fingerprint density at radius 2 is 1.53 bits per heavy atom. The highest BCUT2D eigenvalue weighted by Crippen LogP contribution is 2.29. The molecule has 1 rings (SSSR count). The van der Waals surface area contributed by atoms with Crippen LogP contribution < -0.4 is 5.73 Å². The van der Waals surface area contributed by atoms with Crippen molar-refractivity contribution in [3.05, 3.63) is 34.4 Å². The zero-order chi connectivity index (χ0) is 11.8. The second kappa shape index (κ2) is 3.89. The zero-order valence-electron chi connectivity index (χ0n) is 9.57. The Hall–Kier alpha value is -0.960. The van der Waals surface area contributed by atoms with E-state index in [-0.39, 0.29) is 0 Å². The summed E-state index contributed by atoms with van der Waals surface area (Å²) in [4.78, 5) is 0. The van der Waals surface area contributed by atoms with Crippen molar-refractivity contribution >= 4 is 0 Å². The van der Waals surface area contributed by atoms with E-state index in [1.807, 2.05) is 26.8 Å². The standard InChI is InChI=1S/C12H17F2N/c1-7-5-9(3)10(6-8(7)2)12(4,15)11(13)14/h5-6,11H,15H2,1-4H3. The fourth-order valence-electron chi connectivity index (χ4n) is 1.66. The lowest BCUT2D eigenvalue weighted by Crippen LogP contribution is -2.41. The third-order valence-corrected chi connectivity index (χ3v) is 2.87. The molecule has 1 atom stereocenters. The van der Waals surface area contributed by atoms with Crippen molar-refractivity contribution < 1.29 is 8.78 Å². The molecule has 0 saturated carbocycles. The fourth-order valence-corrected chi connectivity index (χ4v) is 1.66. The lowest BCUT2D eigenvalue weighted by molar-refractivity contribution is 0.0621. The smallest absolute Gasteiger partial charge is 0.260 e. The number of alkyl halides is 2. The quantitative estimate of drug-likeness (QED) is 0.802. The normalized spacial score (nSPS) is 15.5. The SMILES string of the molecule is Cc1cc(C)c(C(C)(N)C(F)F)cc1C. The highest BCUT2D eigenvalue weighted by atomic mass is 19.3. The molecule has 0 heterocycles. The van der Waals surface area contributed by atoms with Gasteiger partial charge in [-0.15, -0.1) is 0 Å². The molecule has 2 N–H and O–H groups in total. The predicted octanol–water partition coefficient (Wildman–Crippen LogP) is 3.05. The van der Waals surface area contributed by atoms with Gasteiger partial charge in [-0.05, 0) is 49.9 Å². The Bertz CT molecular complexity index is 370. The molecule has 15 heavy (non-hydrogen) atoms. The molecule has 1 nitrogen and oxygen atoms in total. The number of hydrogen-bond acceptors (Lipinski definition) is 1. The van der Waals surface area contributed by atoms with Gasteiger partial charge in [0, 0.05) is 0 Å². The number of aryl methyl sites for hydroxylation is 3. The van der Waals surface area contributed by atoms with Crippen molar-refractivity contribution in [1.82, 2.24) is 0 Å². The molecule has 0 aliphatic heterocycles. The van der Waals surface area contributed by atoms with Gasteiger partial charge in [0.2, 0.25) is 0 Å². The third kappa shape index (κ3) is 2.17. The second-order valence-corrected chi connectivity index (χ2v) is 4.33. The molecule has 0 aliphatic carbocycles. The number of hydrogen-bond donors (Lipinski definition) is 1. The second-order valence-electron chi connectivity index (χ2n) is 4.33. The maximum atomic E-state index is 12.8. The van der Waals surface area contributed by atoms with E-state index < -0.39 is 12.0 Å². The lowest BCUT2D eigenvalue weighted by Gasteiger charge is -2.27. The number of halogens is 2. The first kappa shape index (κ1) is 12.1. The van der Waals surface area contributed by atoms with E-state index in [0.29, 0.717) is 5.56 Å². The Morgan fingerprint density at radius 3 is 2.00 bits per heavy atom. The summed E-state index contributed by atoms with van der Waals surface area (Å²) in [6.45, 7) is 7.05. The fraction of sp³-hybridized carbons (Fsp3) is 0.500. The van der Waals surface area contributed by atoms with Gasteiger partial charge < -0.3 is 5.73 Å². The summed E-state index contributed by atoms with van der Waals surface area (Å²) in [5.74, 6) is 0. The van der Waals surface area contributed by atoms with Gasteiger partial charge in [0.1, 0.15) is 0 Å². The molecule has 84 valence electrons. The molecule has 0 fully saturated rings. The first-order chi connectivity index (χ1) is 6.76. The zero-order valence-corrected chi connectivity index (χ0v) is 9.57. The summed E-state index contributed by atoms with van der Waals surface area (Å²) >= 11 is 0. The lowest BCUT2D eigenvalue weighted by atomic mass is 9.87. The summed E-state index contributed by atoms with van der Waals surface area (Å²) in [5, 5.41) is 0. The van der Waals surface area contributed by atoms with Gasteiger partial charge in [0.05, 0.1) is 5.54 Å². The molecule has 0 bridgehead atoms. The van der Waals surface area contributed by atoms with Crippen molar-refractivity contribution in [2.75, 3.05) is 0 Å². The summed E-state index contributed by atoms with van der Waals surface area (Å²) in [6.07, 6.45) is -2.56. The Morgan fingerprint density at radius 1 is 1.07 bits per heavy atom. The summed E-state index contributed by atoms with van der Waals surface area (Å²) < 4.78 is 25.6. The Kier molecular flexibility index (Phi) is 3.14. The van der Waals surface area contributed by atoms with Crippen LogP contribution in [0.4, 0.5) is 8.78 Å². The first-order valence-electron chi connectivity index (χ1n) is 4.92. The average molecular weight is 213 g/mol. The van der Waals surface area contributed by atoms with Gasteiger partial charge in [-0.1, -0.05) is 12.1 Å². The maximum absolute atomic E-state index is 12.8. The minimum Gasteiger partial charge on any atom is -0.317 e. The van der Waals surface area contributed by atoms with Crippen LogP contribution in [0.5, 0.6) is 0 Å². The topological polar surface area (TPSA) is 26.0 Å². The average Bonchev–Trinajstić information content (AvgIpc) is 2.10. The maximum Gasteiger partial charge on any atom is 0.260 e. The van der Waals surface area contributed by atoms with Gasteiger partial charge in [-0.25, -0.2) is 8.78 Å². The molecule has 0 spiro atoms. The van der Waals surface area contributed by atoms with E-state index in [0.717, 1.165) is 16.7 Å². The van der Waals surface area contributed by atoms with Crippen molar-refractivity contribution in [2.24, 2.45) is 5.73 Å². The van der Waals surface area contributed by atoms with Crippen molar-refractivity contribution in [3.8, 4) is 0 Å². The molecule has 0 amide bonds. The van der Waals surface area contributed by atoms with Crippen LogP contribution in [-0.4, -0.2) is 6.43 Å². The molecule has 0 saturated heterocycles. The van der Waals surface area contributed by atoms with E-state index in [9.17, 15) is 8.78 Å². The van der Waals surface area contributed by atoms with E-state index in [1.165, 1.54) is 6.92 Å². The van der Waals surface area contributed by atoms with Crippen LogP contribution in [0.25, 0.3) is 0 Å². The van der Waals surface area contributed by atoms with Gasteiger partial charge in [0.25, 0.3) is 6.43 Å². The number of nitrogens with two attached hydrogens (primary N) is 1. The van der Waals surface area contributed by atoms with Crippen LogP contribution in [0.15, 0.2) is 12.1 Å². The minimum absolute atomic E-state index is 0.528. The first-order valence-corrected chi connectivity index (χ1v) is 4.92. The largest absolute Gasteiger partial charge is 0.317 e. The molecule has 0 radical (unpaired) electrons. The van der Waals surface area contributed by atoms with E-state index in [2.05, 4.69) is 0 Å². The van der Waals surface area contributed by atoms with E-state index in [1.54, 1.807) is 6.07 Å². The van der Waals surface area contributed by atoms with Crippen LogP contribution in [-0.2, 0) is 5.54 Å². The number of rotatable bonds is 2. The Balaban J connectivity index is 3.32. The van der Waals surface area contributed by atoms with Crippen LogP contribution in [0.1, 0.15) is 29.2 Å². The monoisotopic (exact) mass is 213 g/mol. The Labute approximate surface area is 89.3 Å². The van der Waals surface area contributed by atoms with Crippen molar-refractivity contribution in [3.63, 3.8) is 0 Å². The van der Waals surface area contributed by atoms with Gasteiger partial charge in [-0.2, -0.15) is 0 Å². The van der Waals surface area contributed by atoms with Gasteiger partial charge in [-0.3, -0.25) is 0 Å². The van der Waals surface area contributed by atoms with Crippen LogP contribution in [0.3, 0.4) is 0 Å². The van der Waals surface area contributed by atoms with Crippen LogP contribution >= 0.6 is 0 Å². The van der Waals surface area contributed by atoms with Crippen LogP contribution in [0.2, 0.25) is 0 Å². The molecule has 3 heteroatoms. The summed E-state index contributed by atoms with van der Waals surface area (Å²) in [5.41, 5.74) is 7.53. The third-order valence-electron chi connectivity index (χ3n) is 2.87. The molecule has 1 unspecified atom stereocenters. The molecule has 1 aromatic carbocycles. The van der Waals surface area contributed by atoms with E-state index in [4.69, 9.17) is 5.73 Å². The molecular formula is C12H17F2N. The molecular weight excluding hydrogens is 196 g/mol. The summed E-state index contributed by atoms with van der Waals surface area (Å²) in [7, 11) is 0. The van der Waals surface area contributed by atoms with Crippen molar-refractivity contribution in [2.45, 2.75) is 39.7 Å². The minimum atomic E-state index is -2.56. The highest BCUT2D eigenvalue weighted by Gasteiger charge is 2.33. The highest BCUT2D eigenvalue weighted by molar-refractivity contribution is 5.40. The van der Waals surface area contributed by atoms with Crippen molar-refractivity contribution in [1.29, 1.82) is 0 Å². The molecule has 1 aromatic rings. The van der Waals surface area contributed by atoms with Gasteiger partial charge >= 0.3 is 0 Å². The van der Waals surface area contributed by atoms with E-state index >= 15 is 0 Å². The molecule has 0 aliphatic rings. The van der Waals surface area contributed by atoms with Gasteiger partial charge in [0.15, 0.2) is 0 Å². The predicted molar refractivity (Wildman–Crippen MR) is 58.2 cm³/mol.